The Morgan fingerprint density at radius 3 is 2.88 bits per heavy atom. The summed E-state index contributed by atoms with van der Waals surface area (Å²) >= 11 is 0. The molecule has 4 aromatic rings. The van der Waals surface area contributed by atoms with E-state index in [-0.39, 0.29) is 0 Å². The lowest BCUT2D eigenvalue weighted by Gasteiger charge is -2.16. The molecule has 0 aliphatic carbocycles. The molecule has 0 atom stereocenters. The van der Waals surface area contributed by atoms with Gasteiger partial charge in [0.15, 0.2) is 0 Å². The summed E-state index contributed by atoms with van der Waals surface area (Å²) in [5, 5.41) is 2.52. The van der Waals surface area contributed by atoms with Crippen molar-refractivity contribution in [3.05, 3.63) is 78.5 Å². The number of fused-ring (bicyclic) bond motifs is 2. The minimum atomic E-state index is 1.03. The number of hydrogen-bond donors (Lipinski definition) is 0. The van der Waals surface area contributed by atoms with Gasteiger partial charge < -0.3 is 4.57 Å². The van der Waals surface area contributed by atoms with Crippen LogP contribution >= 0.6 is 0 Å². The Labute approximate surface area is 153 Å². The first kappa shape index (κ1) is 15.6. The molecule has 1 aliphatic rings. The monoisotopic (exact) mass is 340 g/mol. The lowest BCUT2D eigenvalue weighted by Crippen LogP contribution is -2.19. The molecule has 1 saturated heterocycles. The molecule has 0 unspecified atom stereocenters. The first-order valence-electron chi connectivity index (χ1n) is 9.26. The van der Waals surface area contributed by atoms with E-state index < -0.39 is 0 Å². The Hall–Kier alpha value is -2.65. The Morgan fingerprint density at radius 1 is 1.04 bits per heavy atom. The molecule has 3 heteroatoms. The van der Waals surface area contributed by atoms with Gasteiger partial charge in [-0.15, -0.1) is 0 Å². The number of nitrogens with zero attached hydrogens (tertiary/aromatic N) is 3. The van der Waals surface area contributed by atoms with Crippen LogP contribution in [-0.2, 0) is 6.54 Å². The van der Waals surface area contributed by atoms with E-state index in [9.17, 15) is 0 Å². The minimum absolute atomic E-state index is 1.03. The van der Waals surface area contributed by atoms with E-state index in [2.05, 4.69) is 76.1 Å². The Bertz CT molecular complexity index is 1080. The fraction of sp³-hybridized carbons (Fsp3) is 0.217. The maximum atomic E-state index is 4.43. The molecule has 3 heterocycles. The van der Waals surface area contributed by atoms with Gasteiger partial charge in [-0.3, -0.25) is 9.88 Å². The normalized spacial score (nSPS) is 16.0. The van der Waals surface area contributed by atoms with Crippen LogP contribution in [0.4, 0.5) is 0 Å². The maximum absolute atomic E-state index is 4.43. The first-order valence-corrected chi connectivity index (χ1v) is 9.26. The summed E-state index contributed by atoms with van der Waals surface area (Å²) in [5.41, 5.74) is 4.90. The van der Waals surface area contributed by atoms with E-state index in [1.54, 1.807) is 5.92 Å². The van der Waals surface area contributed by atoms with Crippen LogP contribution in [0.1, 0.15) is 18.9 Å². The van der Waals surface area contributed by atoms with Gasteiger partial charge in [-0.05, 0) is 60.8 Å². The number of likely N-dealkylation sites (tertiary alicyclic amines) is 1. The molecule has 5 rings (SSSR count). The van der Waals surface area contributed by atoms with Crippen molar-refractivity contribution in [2.45, 2.75) is 19.9 Å². The van der Waals surface area contributed by atoms with Crippen LogP contribution in [0.25, 0.3) is 27.5 Å². The molecule has 0 amide bonds. The fourth-order valence-electron chi connectivity index (χ4n) is 4.07. The molecule has 0 spiro atoms. The van der Waals surface area contributed by atoms with Crippen LogP contribution in [0.2, 0.25) is 0 Å². The highest BCUT2D eigenvalue weighted by Gasteiger charge is 2.20. The van der Waals surface area contributed by atoms with Crippen molar-refractivity contribution in [1.82, 2.24) is 14.5 Å². The number of pyridine rings is 1. The van der Waals surface area contributed by atoms with Gasteiger partial charge in [0.2, 0.25) is 0 Å². The zero-order chi connectivity index (χ0) is 17.5. The molecule has 0 bridgehead atoms. The van der Waals surface area contributed by atoms with Gasteiger partial charge in [-0.1, -0.05) is 25.1 Å². The maximum Gasteiger partial charge on any atom is 0.0703 e. The molecular weight excluding hydrogens is 318 g/mol. The van der Waals surface area contributed by atoms with Gasteiger partial charge in [0, 0.05) is 41.9 Å². The molecule has 129 valence electrons. The standard InChI is InChI=1S/C23H22N3/c1-17-9-12-25(15-17)16-19-4-2-6-23-21(19)10-13-26(23)20-7-8-22-18(14-20)5-3-11-24-22/h2-8,10-11,13-14H,9,12,15-16H2,1H3. The van der Waals surface area contributed by atoms with Crippen LogP contribution in [0.15, 0.2) is 67.0 Å². The summed E-state index contributed by atoms with van der Waals surface area (Å²) < 4.78 is 2.28. The quantitative estimate of drug-likeness (QED) is 0.524. The largest absolute Gasteiger partial charge is 0.317 e. The molecule has 26 heavy (non-hydrogen) atoms. The predicted octanol–water partition coefficient (Wildman–Crippen LogP) is 4.98. The molecule has 1 radical (unpaired) electrons. The molecule has 0 saturated carbocycles. The molecule has 2 aromatic carbocycles. The second kappa shape index (κ2) is 6.26. The van der Waals surface area contributed by atoms with Crippen molar-refractivity contribution >= 4 is 21.8 Å². The topological polar surface area (TPSA) is 21.1 Å². The highest BCUT2D eigenvalue weighted by atomic mass is 15.1. The van der Waals surface area contributed by atoms with Crippen LogP contribution in [0.3, 0.4) is 0 Å². The number of hydrogen-bond acceptors (Lipinski definition) is 2. The second-order valence-electron chi connectivity index (χ2n) is 7.33. The Kier molecular flexibility index (Phi) is 3.75. The summed E-state index contributed by atoms with van der Waals surface area (Å²) in [6, 6.07) is 19.5. The SMILES string of the molecule is C[C]1CCN(Cc2cccc3c2ccn3-c2ccc3ncccc3c2)C1. The van der Waals surface area contributed by atoms with Gasteiger partial charge >= 0.3 is 0 Å². The Balaban J connectivity index is 1.55. The first-order chi connectivity index (χ1) is 12.8. The van der Waals surface area contributed by atoms with Crippen LogP contribution in [0, 0.1) is 5.92 Å². The highest BCUT2D eigenvalue weighted by molar-refractivity contribution is 5.87. The fourth-order valence-corrected chi connectivity index (χ4v) is 4.07. The van der Waals surface area contributed by atoms with Crippen molar-refractivity contribution in [3.63, 3.8) is 0 Å². The zero-order valence-corrected chi connectivity index (χ0v) is 15.0. The third-order valence-corrected chi connectivity index (χ3v) is 5.43. The van der Waals surface area contributed by atoms with Crippen LogP contribution < -0.4 is 0 Å². The number of benzene rings is 2. The molecular formula is C23H22N3. The average molecular weight is 340 g/mol. The third kappa shape index (κ3) is 2.69. The van der Waals surface area contributed by atoms with Crippen LogP contribution in [0.5, 0.6) is 0 Å². The highest BCUT2D eigenvalue weighted by Crippen LogP contribution is 2.27. The summed E-state index contributed by atoms with van der Waals surface area (Å²) in [6.07, 6.45) is 5.27. The molecule has 3 nitrogen and oxygen atoms in total. The van der Waals surface area contributed by atoms with Crippen molar-refractivity contribution in [1.29, 1.82) is 0 Å². The second-order valence-corrected chi connectivity index (χ2v) is 7.33. The lowest BCUT2D eigenvalue weighted by atomic mass is 10.1. The molecule has 0 N–H and O–H groups in total. The van der Waals surface area contributed by atoms with E-state index in [4.69, 9.17) is 0 Å². The summed E-state index contributed by atoms with van der Waals surface area (Å²) in [5.74, 6) is 1.60. The van der Waals surface area contributed by atoms with Gasteiger partial charge in [0.1, 0.15) is 0 Å². The van der Waals surface area contributed by atoms with Crippen molar-refractivity contribution in [2.75, 3.05) is 13.1 Å². The van der Waals surface area contributed by atoms with Crippen molar-refractivity contribution in [2.24, 2.45) is 0 Å². The van der Waals surface area contributed by atoms with E-state index in [0.717, 1.165) is 18.6 Å². The average Bonchev–Trinajstić information content (AvgIpc) is 3.28. The van der Waals surface area contributed by atoms with Gasteiger partial charge in [0.25, 0.3) is 0 Å². The number of aromatic nitrogens is 2. The summed E-state index contributed by atoms with van der Waals surface area (Å²) in [6.45, 7) is 5.61. The molecule has 1 aliphatic heterocycles. The third-order valence-electron chi connectivity index (χ3n) is 5.43. The Morgan fingerprint density at radius 2 is 2.00 bits per heavy atom. The smallest absolute Gasteiger partial charge is 0.0703 e. The summed E-state index contributed by atoms with van der Waals surface area (Å²) in [4.78, 5) is 6.97. The summed E-state index contributed by atoms with van der Waals surface area (Å²) in [7, 11) is 0. The van der Waals surface area contributed by atoms with E-state index in [1.807, 2.05) is 12.3 Å². The van der Waals surface area contributed by atoms with Crippen LogP contribution in [-0.4, -0.2) is 27.5 Å². The van der Waals surface area contributed by atoms with Crippen molar-refractivity contribution in [3.8, 4) is 5.69 Å². The predicted molar refractivity (Wildman–Crippen MR) is 107 cm³/mol. The van der Waals surface area contributed by atoms with Crippen molar-refractivity contribution < 1.29 is 0 Å². The minimum Gasteiger partial charge on any atom is -0.317 e. The van der Waals surface area contributed by atoms with E-state index in [0.29, 0.717) is 0 Å². The number of rotatable bonds is 3. The van der Waals surface area contributed by atoms with E-state index in [1.165, 1.54) is 40.5 Å². The van der Waals surface area contributed by atoms with E-state index >= 15 is 0 Å². The van der Waals surface area contributed by atoms with Gasteiger partial charge in [-0.2, -0.15) is 0 Å². The molecule has 2 aromatic heterocycles. The molecule has 1 fully saturated rings. The zero-order valence-electron chi connectivity index (χ0n) is 15.0. The van der Waals surface area contributed by atoms with Gasteiger partial charge in [-0.25, -0.2) is 0 Å². The van der Waals surface area contributed by atoms with Gasteiger partial charge in [0.05, 0.1) is 11.0 Å². The lowest BCUT2D eigenvalue weighted by molar-refractivity contribution is 0.335.